The van der Waals surface area contributed by atoms with Crippen LogP contribution in [-0.2, 0) is 4.79 Å². The SMILES string of the molecule is CC1CCN1C=O.NC1=NC(c2cc(/C=C(\F)c3ccc(Cl)cn3)ccc2F)C2CC2S1. The number of pyridine rings is 1. The molecule has 5 rings (SSSR count). The molecule has 2 fully saturated rings. The van der Waals surface area contributed by atoms with E-state index in [9.17, 15) is 13.6 Å². The van der Waals surface area contributed by atoms with Crippen LogP contribution in [0.15, 0.2) is 41.5 Å². The molecule has 3 heterocycles. The van der Waals surface area contributed by atoms with Gasteiger partial charge in [0.05, 0.1) is 16.8 Å². The highest BCUT2D eigenvalue weighted by Crippen LogP contribution is 2.54. The monoisotopic (exact) mass is 476 g/mol. The second-order valence-electron chi connectivity index (χ2n) is 8.08. The highest BCUT2D eigenvalue weighted by molar-refractivity contribution is 8.14. The summed E-state index contributed by atoms with van der Waals surface area (Å²) in [6.07, 6.45) is 5.77. The van der Waals surface area contributed by atoms with Crippen LogP contribution in [0.5, 0.6) is 0 Å². The van der Waals surface area contributed by atoms with Crippen molar-refractivity contribution in [3.63, 3.8) is 0 Å². The molecular formula is C23H23ClF2N4OS. The fraction of sp³-hybridized carbons (Fsp3) is 0.348. The Kier molecular flexibility index (Phi) is 6.81. The number of carbonyl (C=O) groups excluding carboxylic acids is 1. The van der Waals surface area contributed by atoms with Gasteiger partial charge < -0.3 is 10.6 Å². The Morgan fingerprint density at radius 1 is 1.34 bits per heavy atom. The number of nitrogens with two attached hydrogens (primary N) is 1. The zero-order chi connectivity index (χ0) is 22.8. The molecule has 1 aliphatic carbocycles. The first-order valence-electron chi connectivity index (χ1n) is 10.3. The lowest BCUT2D eigenvalue weighted by atomic mass is 9.99. The summed E-state index contributed by atoms with van der Waals surface area (Å²) in [6, 6.07) is 7.79. The zero-order valence-electron chi connectivity index (χ0n) is 17.4. The van der Waals surface area contributed by atoms with Crippen LogP contribution in [0.25, 0.3) is 11.9 Å². The number of rotatable bonds is 4. The number of hydrogen-bond acceptors (Lipinski definition) is 5. The van der Waals surface area contributed by atoms with Gasteiger partial charge >= 0.3 is 0 Å². The number of benzene rings is 1. The van der Waals surface area contributed by atoms with Gasteiger partial charge in [0.1, 0.15) is 11.6 Å². The molecule has 1 saturated heterocycles. The van der Waals surface area contributed by atoms with Crippen molar-refractivity contribution >= 4 is 46.8 Å². The lowest BCUT2D eigenvalue weighted by Crippen LogP contribution is -2.44. The molecule has 1 aromatic heterocycles. The van der Waals surface area contributed by atoms with Crippen molar-refractivity contribution in [2.45, 2.75) is 37.1 Å². The summed E-state index contributed by atoms with van der Waals surface area (Å²) in [5, 5.41) is 1.34. The van der Waals surface area contributed by atoms with E-state index in [4.69, 9.17) is 17.3 Å². The van der Waals surface area contributed by atoms with Gasteiger partial charge in [-0.3, -0.25) is 14.8 Å². The van der Waals surface area contributed by atoms with Crippen molar-refractivity contribution in [1.82, 2.24) is 9.88 Å². The lowest BCUT2D eigenvalue weighted by Gasteiger charge is -2.34. The first kappa shape index (κ1) is 22.7. The van der Waals surface area contributed by atoms with Crippen LogP contribution in [-0.4, -0.2) is 39.3 Å². The minimum absolute atomic E-state index is 0.175. The van der Waals surface area contributed by atoms with Crippen molar-refractivity contribution in [2.24, 2.45) is 16.6 Å². The van der Waals surface area contributed by atoms with Gasteiger partial charge in [-0.1, -0.05) is 29.4 Å². The molecule has 9 heteroatoms. The third-order valence-corrected chi connectivity index (χ3v) is 7.25. The van der Waals surface area contributed by atoms with Crippen LogP contribution in [0.2, 0.25) is 5.02 Å². The van der Waals surface area contributed by atoms with Crippen molar-refractivity contribution in [1.29, 1.82) is 0 Å². The quantitative estimate of drug-likeness (QED) is 0.625. The molecule has 2 aromatic rings. The molecule has 3 aliphatic rings. The maximum atomic E-state index is 14.4. The second-order valence-corrected chi connectivity index (χ2v) is 9.78. The van der Waals surface area contributed by atoms with Gasteiger partial charge in [-0.15, -0.1) is 0 Å². The molecule has 4 unspecified atom stereocenters. The third-order valence-electron chi connectivity index (χ3n) is 5.83. The highest BCUT2D eigenvalue weighted by Gasteiger charge is 2.48. The van der Waals surface area contributed by atoms with E-state index in [1.807, 2.05) is 0 Å². The summed E-state index contributed by atoms with van der Waals surface area (Å²) in [5.41, 5.74) is 7.02. The van der Waals surface area contributed by atoms with Crippen LogP contribution >= 0.6 is 23.4 Å². The van der Waals surface area contributed by atoms with Crippen molar-refractivity contribution in [3.05, 3.63) is 64.2 Å². The van der Waals surface area contributed by atoms with E-state index in [-0.39, 0.29) is 17.6 Å². The van der Waals surface area contributed by atoms with Gasteiger partial charge in [-0.05, 0) is 61.6 Å². The first-order valence-corrected chi connectivity index (χ1v) is 11.6. The van der Waals surface area contributed by atoms with Crippen LogP contribution in [0.3, 0.4) is 0 Å². The standard InChI is InChI=1S/C18H14ClF2N3S.C5H9NO/c19-10-2-4-15(23-8-10)14(21)6-9-1-3-13(20)11(5-9)17-12-7-16(12)25-18(22)24-17;1-5-2-3-6(5)4-7/h1-6,8,12,16-17H,7H2,(H2,22,24);4-5H,2-3H2,1H3/b14-6-;. The molecular weight excluding hydrogens is 454 g/mol. The lowest BCUT2D eigenvalue weighted by molar-refractivity contribution is -0.124. The number of nitrogens with zero attached hydrogens (tertiary/aromatic N) is 3. The largest absolute Gasteiger partial charge is 0.379 e. The fourth-order valence-electron chi connectivity index (χ4n) is 3.68. The molecule has 0 bridgehead atoms. The van der Waals surface area contributed by atoms with E-state index in [2.05, 4.69) is 16.9 Å². The summed E-state index contributed by atoms with van der Waals surface area (Å²) in [4.78, 5) is 20.1. The van der Waals surface area contributed by atoms with Gasteiger partial charge in [0.25, 0.3) is 0 Å². The average Bonchev–Trinajstić information content (AvgIpc) is 3.54. The van der Waals surface area contributed by atoms with Gasteiger partial charge in [-0.25, -0.2) is 8.78 Å². The molecule has 5 nitrogen and oxygen atoms in total. The highest BCUT2D eigenvalue weighted by atomic mass is 35.5. The second kappa shape index (κ2) is 9.58. The van der Waals surface area contributed by atoms with Crippen LogP contribution < -0.4 is 5.73 Å². The topological polar surface area (TPSA) is 71.6 Å². The Morgan fingerprint density at radius 2 is 2.16 bits per heavy atom. The van der Waals surface area contributed by atoms with E-state index < -0.39 is 5.83 Å². The number of aliphatic imine (C=N–C) groups is 1. The third kappa shape index (κ3) is 5.13. The molecule has 32 heavy (non-hydrogen) atoms. The summed E-state index contributed by atoms with van der Waals surface area (Å²) < 4.78 is 28.7. The van der Waals surface area contributed by atoms with E-state index in [1.54, 1.807) is 28.8 Å². The van der Waals surface area contributed by atoms with Gasteiger partial charge in [0, 0.05) is 29.6 Å². The minimum atomic E-state index is -0.513. The Bertz CT molecular complexity index is 1060. The van der Waals surface area contributed by atoms with E-state index >= 15 is 0 Å². The Balaban J connectivity index is 0.000000300. The number of amidine groups is 1. The Hall–Kier alpha value is -2.45. The predicted molar refractivity (Wildman–Crippen MR) is 125 cm³/mol. The molecule has 1 saturated carbocycles. The molecule has 0 spiro atoms. The van der Waals surface area contributed by atoms with E-state index in [1.165, 1.54) is 36.9 Å². The summed E-state index contributed by atoms with van der Waals surface area (Å²) in [6.45, 7) is 3.02. The molecule has 2 aliphatic heterocycles. The number of aromatic nitrogens is 1. The van der Waals surface area contributed by atoms with Gasteiger partial charge in [0.2, 0.25) is 6.41 Å². The first-order chi connectivity index (χ1) is 15.4. The van der Waals surface area contributed by atoms with E-state index in [0.29, 0.717) is 38.5 Å². The Labute approximate surface area is 194 Å². The summed E-state index contributed by atoms with van der Waals surface area (Å²) in [7, 11) is 0. The number of fused-ring (bicyclic) bond motifs is 1. The predicted octanol–water partition coefficient (Wildman–Crippen LogP) is 5.07. The smallest absolute Gasteiger partial charge is 0.209 e. The number of carbonyl (C=O) groups is 1. The number of hydrogen-bond donors (Lipinski definition) is 1. The number of halogens is 3. The molecule has 2 N–H and O–H groups in total. The van der Waals surface area contributed by atoms with Gasteiger partial charge in [-0.2, -0.15) is 0 Å². The summed E-state index contributed by atoms with van der Waals surface area (Å²) in [5.74, 6) is -0.559. The van der Waals surface area contributed by atoms with Crippen molar-refractivity contribution in [3.8, 4) is 0 Å². The number of thioether (sulfide) groups is 1. The van der Waals surface area contributed by atoms with E-state index in [0.717, 1.165) is 19.4 Å². The van der Waals surface area contributed by atoms with Crippen LogP contribution in [0.1, 0.15) is 42.6 Å². The van der Waals surface area contributed by atoms with Crippen molar-refractivity contribution in [2.75, 3.05) is 6.54 Å². The number of likely N-dealkylation sites (tertiary alicyclic amines) is 1. The maximum absolute atomic E-state index is 14.4. The minimum Gasteiger partial charge on any atom is -0.379 e. The number of amides is 1. The normalized spacial score (nSPS) is 26.2. The van der Waals surface area contributed by atoms with Gasteiger partial charge in [0.15, 0.2) is 5.17 Å². The van der Waals surface area contributed by atoms with Crippen molar-refractivity contribution < 1.29 is 13.6 Å². The summed E-state index contributed by atoms with van der Waals surface area (Å²) >= 11 is 7.31. The molecule has 1 aromatic carbocycles. The molecule has 1 amide bonds. The zero-order valence-corrected chi connectivity index (χ0v) is 19.0. The molecule has 4 atom stereocenters. The fourth-order valence-corrected chi connectivity index (χ4v) is 4.92. The maximum Gasteiger partial charge on any atom is 0.209 e. The molecule has 0 radical (unpaired) electrons. The molecule has 168 valence electrons. The van der Waals surface area contributed by atoms with Crippen LogP contribution in [0, 0.1) is 11.7 Å². The average molecular weight is 477 g/mol. The Morgan fingerprint density at radius 3 is 2.75 bits per heavy atom. The van der Waals surface area contributed by atoms with Crippen LogP contribution in [0.4, 0.5) is 8.78 Å².